The highest BCUT2D eigenvalue weighted by atomic mass is 35.5. The Kier molecular flexibility index (Phi) is 6.70. The van der Waals surface area contributed by atoms with Crippen molar-refractivity contribution in [2.24, 2.45) is 0 Å². The van der Waals surface area contributed by atoms with Crippen molar-refractivity contribution in [3.05, 3.63) is 119 Å². The average molecular weight is 434 g/mol. The number of hydrogen-bond donors (Lipinski definition) is 1. The number of halogens is 2. The van der Waals surface area contributed by atoms with E-state index in [2.05, 4.69) is 5.32 Å². The van der Waals surface area contributed by atoms with Crippen molar-refractivity contribution < 1.29 is 13.9 Å². The molecule has 1 N–H and O–H groups in total. The monoisotopic (exact) mass is 433 g/mol. The van der Waals surface area contributed by atoms with Gasteiger partial charge in [0.15, 0.2) is 0 Å². The van der Waals surface area contributed by atoms with E-state index in [1.807, 2.05) is 60.7 Å². The van der Waals surface area contributed by atoms with Crippen LogP contribution >= 0.6 is 11.6 Å². The van der Waals surface area contributed by atoms with Crippen molar-refractivity contribution in [2.45, 2.75) is 13.2 Å². The normalized spacial score (nSPS) is 10.5. The molecule has 31 heavy (non-hydrogen) atoms. The Labute approximate surface area is 186 Å². The molecule has 4 aromatic rings. The van der Waals surface area contributed by atoms with Crippen LogP contribution in [-0.2, 0) is 13.2 Å². The summed E-state index contributed by atoms with van der Waals surface area (Å²) >= 11 is 6.18. The van der Waals surface area contributed by atoms with Crippen LogP contribution in [0.2, 0.25) is 5.02 Å². The molecule has 0 saturated carbocycles. The van der Waals surface area contributed by atoms with Crippen LogP contribution in [0.5, 0.6) is 17.2 Å². The predicted octanol–water partition coefficient (Wildman–Crippen LogP) is 7.46. The first-order chi connectivity index (χ1) is 15.2. The van der Waals surface area contributed by atoms with E-state index in [4.69, 9.17) is 21.1 Å². The molecule has 0 fully saturated rings. The molecule has 0 atom stereocenters. The Morgan fingerprint density at radius 3 is 2.23 bits per heavy atom. The lowest BCUT2D eigenvalue weighted by molar-refractivity contribution is 0.297. The Balaban J connectivity index is 1.40. The molecule has 4 aromatic carbocycles. The van der Waals surface area contributed by atoms with Gasteiger partial charge in [-0.1, -0.05) is 48.0 Å². The molecule has 0 spiro atoms. The van der Waals surface area contributed by atoms with Gasteiger partial charge >= 0.3 is 0 Å². The zero-order chi connectivity index (χ0) is 21.5. The van der Waals surface area contributed by atoms with Crippen molar-refractivity contribution in [3.63, 3.8) is 0 Å². The molecule has 5 heteroatoms. The third-order valence-electron chi connectivity index (χ3n) is 4.68. The second kappa shape index (κ2) is 10.0. The summed E-state index contributed by atoms with van der Waals surface area (Å²) in [7, 11) is 0. The van der Waals surface area contributed by atoms with Gasteiger partial charge < -0.3 is 14.8 Å². The molecule has 0 unspecified atom stereocenters. The lowest BCUT2D eigenvalue weighted by atomic mass is 10.2. The van der Waals surface area contributed by atoms with E-state index in [-0.39, 0.29) is 12.4 Å². The van der Waals surface area contributed by atoms with E-state index in [1.165, 1.54) is 6.07 Å². The molecule has 0 bridgehead atoms. The SMILES string of the molecule is Fc1ccccc1COc1ccc(Cl)cc1CNc1ccc(Oc2ccccc2)cc1. The molecule has 0 heterocycles. The number of rotatable bonds is 8. The quantitative estimate of drug-likeness (QED) is 0.312. The van der Waals surface area contributed by atoms with Crippen LogP contribution in [0.3, 0.4) is 0 Å². The number of nitrogens with one attached hydrogen (secondary N) is 1. The summed E-state index contributed by atoms with van der Waals surface area (Å²) in [6, 6.07) is 29.3. The lowest BCUT2D eigenvalue weighted by Crippen LogP contribution is -2.04. The van der Waals surface area contributed by atoms with Gasteiger partial charge in [0.1, 0.15) is 29.7 Å². The van der Waals surface area contributed by atoms with Crippen molar-refractivity contribution >= 4 is 17.3 Å². The van der Waals surface area contributed by atoms with E-state index < -0.39 is 0 Å². The number of benzene rings is 4. The molecule has 3 nitrogen and oxygen atoms in total. The van der Waals surface area contributed by atoms with Gasteiger partial charge in [-0.05, 0) is 60.7 Å². The topological polar surface area (TPSA) is 30.5 Å². The van der Waals surface area contributed by atoms with E-state index in [1.54, 1.807) is 30.3 Å². The van der Waals surface area contributed by atoms with Crippen LogP contribution in [-0.4, -0.2) is 0 Å². The smallest absolute Gasteiger partial charge is 0.129 e. The molecule has 0 aromatic heterocycles. The second-order valence-electron chi connectivity index (χ2n) is 6.93. The average Bonchev–Trinajstić information content (AvgIpc) is 2.80. The Morgan fingerprint density at radius 2 is 1.45 bits per heavy atom. The van der Waals surface area contributed by atoms with Crippen molar-refractivity contribution in [3.8, 4) is 17.2 Å². The Hall–Kier alpha value is -3.50. The summed E-state index contributed by atoms with van der Waals surface area (Å²) in [6.07, 6.45) is 0. The summed E-state index contributed by atoms with van der Waals surface area (Å²) < 4.78 is 25.6. The van der Waals surface area contributed by atoms with E-state index in [9.17, 15) is 4.39 Å². The standard InChI is InChI=1S/C26H21ClFNO2/c27-21-10-15-26(30-18-19-6-4-5-9-25(19)28)20(16-21)17-29-22-11-13-24(14-12-22)31-23-7-2-1-3-8-23/h1-16,29H,17-18H2. The fourth-order valence-corrected chi connectivity index (χ4v) is 3.26. The molecular formula is C26H21ClFNO2. The summed E-state index contributed by atoms with van der Waals surface area (Å²) in [4.78, 5) is 0. The van der Waals surface area contributed by atoms with E-state index >= 15 is 0 Å². The summed E-state index contributed by atoms with van der Waals surface area (Å²) in [5.74, 6) is 1.92. The number of anilines is 1. The first-order valence-electron chi connectivity index (χ1n) is 9.89. The molecule has 0 aliphatic rings. The second-order valence-corrected chi connectivity index (χ2v) is 7.36. The molecule has 0 saturated heterocycles. The lowest BCUT2D eigenvalue weighted by Gasteiger charge is -2.14. The van der Waals surface area contributed by atoms with Gasteiger partial charge in [0.2, 0.25) is 0 Å². The minimum atomic E-state index is -0.283. The van der Waals surface area contributed by atoms with Gasteiger partial charge in [-0.15, -0.1) is 0 Å². The summed E-state index contributed by atoms with van der Waals surface area (Å²) in [6.45, 7) is 0.652. The van der Waals surface area contributed by atoms with Crippen molar-refractivity contribution in [1.82, 2.24) is 0 Å². The van der Waals surface area contributed by atoms with E-state index in [0.717, 1.165) is 22.7 Å². The fraction of sp³-hybridized carbons (Fsp3) is 0.0769. The molecule has 0 radical (unpaired) electrons. The molecule has 0 aliphatic carbocycles. The van der Waals surface area contributed by atoms with Crippen LogP contribution < -0.4 is 14.8 Å². The number of para-hydroxylation sites is 1. The van der Waals surface area contributed by atoms with Crippen LogP contribution in [0.25, 0.3) is 0 Å². The van der Waals surface area contributed by atoms with Crippen molar-refractivity contribution in [2.75, 3.05) is 5.32 Å². The Morgan fingerprint density at radius 1 is 0.742 bits per heavy atom. The van der Waals surface area contributed by atoms with E-state index in [0.29, 0.717) is 22.9 Å². The summed E-state index contributed by atoms with van der Waals surface area (Å²) in [5.41, 5.74) is 2.32. The molecule has 0 amide bonds. The van der Waals surface area contributed by atoms with Crippen LogP contribution in [0.15, 0.2) is 97.1 Å². The molecule has 4 rings (SSSR count). The third kappa shape index (κ3) is 5.77. The maximum absolute atomic E-state index is 13.9. The van der Waals surface area contributed by atoms with Crippen LogP contribution in [0, 0.1) is 5.82 Å². The van der Waals surface area contributed by atoms with Gasteiger partial charge in [-0.3, -0.25) is 0 Å². The van der Waals surface area contributed by atoms with Gasteiger partial charge in [0, 0.05) is 28.4 Å². The highest BCUT2D eigenvalue weighted by Crippen LogP contribution is 2.27. The van der Waals surface area contributed by atoms with Gasteiger partial charge in [-0.25, -0.2) is 4.39 Å². The zero-order valence-corrected chi connectivity index (χ0v) is 17.5. The largest absolute Gasteiger partial charge is 0.488 e. The highest BCUT2D eigenvalue weighted by Gasteiger charge is 2.08. The maximum atomic E-state index is 13.9. The van der Waals surface area contributed by atoms with Gasteiger partial charge in [0.05, 0.1) is 0 Å². The minimum absolute atomic E-state index is 0.146. The summed E-state index contributed by atoms with van der Waals surface area (Å²) in [5, 5.41) is 3.97. The zero-order valence-electron chi connectivity index (χ0n) is 16.7. The number of ether oxygens (including phenoxy) is 2. The highest BCUT2D eigenvalue weighted by molar-refractivity contribution is 6.30. The Bertz CT molecular complexity index is 1130. The number of hydrogen-bond acceptors (Lipinski definition) is 3. The van der Waals surface area contributed by atoms with Gasteiger partial charge in [0.25, 0.3) is 0 Å². The van der Waals surface area contributed by atoms with Gasteiger partial charge in [-0.2, -0.15) is 0 Å². The minimum Gasteiger partial charge on any atom is -0.488 e. The molecule has 156 valence electrons. The first kappa shape index (κ1) is 20.8. The van der Waals surface area contributed by atoms with Crippen molar-refractivity contribution in [1.29, 1.82) is 0 Å². The third-order valence-corrected chi connectivity index (χ3v) is 4.91. The maximum Gasteiger partial charge on any atom is 0.129 e. The predicted molar refractivity (Wildman–Crippen MR) is 122 cm³/mol. The molecular weight excluding hydrogens is 413 g/mol. The first-order valence-corrected chi connectivity index (χ1v) is 10.3. The van der Waals surface area contributed by atoms with Crippen LogP contribution in [0.1, 0.15) is 11.1 Å². The van der Waals surface area contributed by atoms with Crippen LogP contribution in [0.4, 0.5) is 10.1 Å². The fourth-order valence-electron chi connectivity index (χ4n) is 3.06. The molecule has 0 aliphatic heterocycles.